The summed E-state index contributed by atoms with van der Waals surface area (Å²) in [4.78, 5) is 10.3. The molecule has 1 aromatic rings. The number of halogens is 1. The number of hydrogen-bond donors (Lipinski definition) is 1. The highest BCUT2D eigenvalue weighted by Gasteiger charge is 2.14. The molecular formula is C10H13ClN2O2. The lowest BCUT2D eigenvalue weighted by molar-refractivity contribution is -0.384. The van der Waals surface area contributed by atoms with Crippen molar-refractivity contribution in [1.82, 2.24) is 0 Å². The normalized spacial score (nSPS) is 12.2. The van der Waals surface area contributed by atoms with E-state index in [1.165, 1.54) is 12.1 Å². The van der Waals surface area contributed by atoms with Gasteiger partial charge in [0.2, 0.25) is 0 Å². The summed E-state index contributed by atoms with van der Waals surface area (Å²) in [6.45, 7) is 3.97. The van der Waals surface area contributed by atoms with E-state index in [4.69, 9.17) is 11.6 Å². The van der Waals surface area contributed by atoms with E-state index in [1.807, 2.05) is 13.8 Å². The van der Waals surface area contributed by atoms with Crippen LogP contribution in [0.5, 0.6) is 0 Å². The summed E-state index contributed by atoms with van der Waals surface area (Å²) in [5, 5.41) is 14.3. The first kappa shape index (κ1) is 11.8. The smallest absolute Gasteiger partial charge is 0.292 e. The third-order valence-corrected chi connectivity index (χ3v) is 2.40. The van der Waals surface area contributed by atoms with E-state index in [2.05, 4.69) is 5.32 Å². The first-order valence-corrected chi connectivity index (χ1v) is 5.13. The summed E-state index contributed by atoms with van der Waals surface area (Å²) in [5.74, 6) is 0. The standard InChI is InChI=1S/C10H13ClN2O2/c1-3-7(2)12-9-6-8(11)4-5-10(9)13(14)15/h4-7,12H,3H2,1-2H3. The molecule has 0 bridgehead atoms. The van der Waals surface area contributed by atoms with Crippen LogP contribution >= 0.6 is 11.6 Å². The Hall–Kier alpha value is -1.29. The molecule has 0 saturated heterocycles. The summed E-state index contributed by atoms with van der Waals surface area (Å²) >= 11 is 5.79. The highest BCUT2D eigenvalue weighted by Crippen LogP contribution is 2.28. The van der Waals surface area contributed by atoms with Gasteiger partial charge < -0.3 is 5.32 Å². The monoisotopic (exact) mass is 228 g/mol. The Balaban J connectivity index is 3.02. The molecule has 0 aromatic heterocycles. The van der Waals surface area contributed by atoms with Crippen LogP contribution in [0.25, 0.3) is 0 Å². The maximum Gasteiger partial charge on any atom is 0.292 e. The Labute approximate surface area is 93.4 Å². The van der Waals surface area contributed by atoms with E-state index in [1.54, 1.807) is 6.07 Å². The van der Waals surface area contributed by atoms with Gasteiger partial charge in [0.05, 0.1) is 4.92 Å². The number of nitrogens with zero attached hydrogens (tertiary/aromatic N) is 1. The van der Waals surface area contributed by atoms with E-state index in [0.29, 0.717) is 10.7 Å². The van der Waals surface area contributed by atoms with Crippen LogP contribution in [-0.2, 0) is 0 Å². The third-order valence-electron chi connectivity index (χ3n) is 2.17. The molecular weight excluding hydrogens is 216 g/mol. The van der Waals surface area contributed by atoms with Crippen molar-refractivity contribution in [2.75, 3.05) is 5.32 Å². The van der Waals surface area contributed by atoms with Crippen LogP contribution in [0, 0.1) is 10.1 Å². The molecule has 5 heteroatoms. The van der Waals surface area contributed by atoms with Gasteiger partial charge in [-0.3, -0.25) is 10.1 Å². The van der Waals surface area contributed by atoms with Gasteiger partial charge in [0.15, 0.2) is 0 Å². The van der Waals surface area contributed by atoms with Crippen molar-refractivity contribution in [2.24, 2.45) is 0 Å². The quantitative estimate of drug-likeness (QED) is 0.634. The van der Waals surface area contributed by atoms with Crippen LogP contribution in [0.1, 0.15) is 20.3 Å². The van der Waals surface area contributed by atoms with Crippen LogP contribution < -0.4 is 5.32 Å². The average molecular weight is 229 g/mol. The van der Waals surface area contributed by atoms with Crippen LogP contribution in [0.15, 0.2) is 18.2 Å². The molecule has 0 aliphatic carbocycles. The van der Waals surface area contributed by atoms with Gasteiger partial charge in [-0.2, -0.15) is 0 Å². The molecule has 1 atom stereocenters. The molecule has 1 aromatic carbocycles. The Bertz CT molecular complexity index is 368. The van der Waals surface area contributed by atoms with Crippen molar-refractivity contribution in [2.45, 2.75) is 26.3 Å². The Kier molecular flexibility index (Phi) is 3.91. The van der Waals surface area contributed by atoms with Gasteiger partial charge in [-0.25, -0.2) is 0 Å². The second-order valence-electron chi connectivity index (χ2n) is 3.37. The van der Waals surface area contributed by atoms with E-state index in [9.17, 15) is 10.1 Å². The Morgan fingerprint density at radius 1 is 1.60 bits per heavy atom. The first-order valence-electron chi connectivity index (χ1n) is 4.75. The zero-order valence-corrected chi connectivity index (χ0v) is 9.41. The number of nitrogens with one attached hydrogen (secondary N) is 1. The van der Waals surface area contributed by atoms with Crippen molar-refractivity contribution >= 4 is 23.0 Å². The minimum Gasteiger partial charge on any atom is -0.377 e. The summed E-state index contributed by atoms with van der Waals surface area (Å²) in [5.41, 5.74) is 0.529. The van der Waals surface area contributed by atoms with Crippen molar-refractivity contribution < 1.29 is 4.92 Å². The highest BCUT2D eigenvalue weighted by molar-refractivity contribution is 6.31. The van der Waals surface area contributed by atoms with Gasteiger partial charge >= 0.3 is 0 Å². The van der Waals surface area contributed by atoms with Crippen molar-refractivity contribution in [3.8, 4) is 0 Å². The lowest BCUT2D eigenvalue weighted by Gasteiger charge is -2.13. The van der Waals surface area contributed by atoms with Crippen LogP contribution in [-0.4, -0.2) is 11.0 Å². The molecule has 0 aliphatic rings. The van der Waals surface area contributed by atoms with Gasteiger partial charge in [0.25, 0.3) is 5.69 Å². The number of hydrogen-bond acceptors (Lipinski definition) is 3. The Morgan fingerprint density at radius 3 is 2.80 bits per heavy atom. The fourth-order valence-corrected chi connectivity index (χ4v) is 1.32. The molecule has 1 rings (SSSR count). The molecule has 0 amide bonds. The van der Waals surface area contributed by atoms with E-state index in [0.717, 1.165) is 6.42 Å². The molecule has 0 radical (unpaired) electrons. The van der Waals surface area contributed by atoms with E-state index < -0.39 is 4.92 Å². The Morgan fingerprint density at radius 2 is 2.27 bits per heavy atom. The molecule has 1 N–H and O–H groups in total. The lowest BCUT2D eigenvalue weighted by atomic mass is 10.2. The average Bonchev–Trinajstić information content (AvgIpc) is 2.17. The number of rotatable bonds is 4. The highest BCUT2D eigenvalue weighted by atomic mass is 35.5. The molecule has 4 nitrogen and oxygen atoms in total. The maximum atomic E-state index is 10.7. The summed E-state index contributed by atoms with van der Waals surface area (Å²) in [6, 6.07) is 4.68. The fraction of sp³-hybridized carbons (Fsp3) is 0.400. The minimum atomic E-state index is -0.416. The molecule has 82 valence electrons. The topological polar surface area (TPSA) is 55.2 Å². The number of anilines is 1. The number of benzene rings is 1. The summed E-state index contributed by atoms with van der Waals surface area (Å²) in [7, 11) is 0. The van der Waals surface area contributed by atoms with E-state index in [-0.39, 0.29) is 11.7 Å². The predicted molar refractivity (Wildman–Crippen MR) is 61.5 cm³/mol. The van der Waals surface area contributed by atoms with Crippen LogP contribution in [0.3, 0.4) is 0 Å². The van der Waals surface area contributed by atoms with Crippen molar-refractivity contribution in [3.05, 3.63) is 33.3 Å². The fourth-order valence-electron chi connectivity index (χ4n) is 1.15. The van der Waals surface area contributed by atoms with Gasteiger partial charge in [0, 0.05) is 17.1 Å². The summed E-state index contributed by atoms with van der Waals surface area (Å²) in [6.07, 6.45) is 0.893. The third kappa shape index (κ3) is 3.09. The first-order chi connectivity index (χ1) is 7.04. The molecule has 0 saturated carbocycles. The molecule has 15 heavy (non-hydrogen) atoms. The van der Waals surface area contributed by atoms with Gasteiger partial charge in [-0.1, -0.05) is 18.5 Å². The molecule has 0 heterocycles. The number of nitro groups is 1. The van der Waals surface area contributed by atoms with Crippen molar-refractivity contribution in [1.29, 1.82) is 0 Å². The molecule has 1 unspecified atom stereocenters. The lowest BCUT2D eigenvalue weighted by Crippen LogP contribution is -2.14. The second kappa shape index (κ2) is 4.98. The molecule has 0 aliphatic heterocycles. The molecule has 0 spiro atoms. The zero-order chi connectivity index (χ0) is 11.4. The zero-order valence-electron chi connectivity index (χ0n) is 8.66. The van der Waals surface area contributed by atoms with Crippen molar-refractivity contribution in [3.63, 3.8) is 0 Å². The molecule has 0 fully saturated rings. The summed E-state index contributed by atoms with van der Waals surface area (Å²) < 4.78 is 0. The van der Waals surface area contributed by atoms with Gasteiger partial charge in [-0.05, 0) is 25.5 Å². The SMILES string of the molecule is CCC(C)Nc1cc(Cl)ccc1[N+](=O)[O-]. The number of nitro benzene ring substituents is 1. The largest absolute Gasteiger partial charge is 0.377 e. The van der Waals surface area contributed by atoms with Gasteiger partial charge in [-0.15, -0.1) is 0 Å². The van der Waals surface area contributed by atoms with Crippen LogP contribution in [0.2, 0.25) is 5.02 Å². The van der Waals surface area contributed by atoms with E-state index >= 15 is 0 Å². The maximum absolute atomic E-state index is 10.7. The minimum absolute atomic E-state index is 0.0553. The second-order valence-corrected chi connectivity index (χ2v) is 3.81. The van der Waals surface area contributed by atoms with Gasteiger partial charge in [0.1, 0.15) is 5.69 Å². The van der Waals surface area contributed by atoms with Crippen LogP contribution in [0.4, 0.5) is 11.4 Å². The predicted octanol–water partition coefficient (Wildman–Crippen LogP) is 3.46.